The molecule has 176 valence electrons. The number of para-hydroxylation sites is 1. The SMILES string of the molecule is C=Cc1ccc(-c2ccccc2Nc2ccc(-c3ccc(-c4ccccc4)c4ccccc34)cc2)cc1. The van der Waals surface area contributed by atoms with Crippen molar-refractivity contribution in [3.05, 3.63) is 152 Å². The molecule has 0 saturated heterocycles. The van der Waals surface area contributed by atoms with Crippen molar-refractivity contribution in [2.24, 2.45) is 0 Å². The molecule has 0 heterocycles. The number of hydrogen-bond donors (Lipinski definition) is 1. The standard InChI is InChI=1S/C36H27N/c1-2-26-16-18-29(19-17-26)33-12-8-9-15-36(33)37-30-22-20-28(21-23-30)32-25-24-31(27-10-4-3-5-11-27)34-13-6-7-14-35(32)34/h2-25,37H,1H2. The van der Waals surface area contributed by atoms with Crippen LogP contribution in [0, 0.1) is 0 Å². The molecule has 0 unspecified atom stereocenters. The Labute approximate surface area is 218 Å². The van der Waals surface area contributed by atoms with Gasteiger partial charge in [-0.15, -0.1) is 0 Å². The molecule has 1 N–H and O–H groups in total. The average molecular weight is 474 g/mol. The quantitative estimate of drug-likeness (QED) is 0.254. The second-order valence-electron chi connectivity index (χ2n) is 9.15. The van der Waals surface area contributed by atoms with Gasteiger partial charge in [-0.3, -0.25) is 0 Å². The largest absolute Gasteiger partial charge is 0.355 e. The third kappa shape index (κ3) is 4.55. The highest BCUT2D eigenvalue weighted by Gasteiger charge is 2.10. The summed E-state index contributed by atoms with van der Waals surface area (Å²) in [5, 5.41) is 6.16. The number of hydrogen-bond acceptors (Lipinski definition) is 1. The molecule has 0 fully saturated rings. The van der Waals surface area contributed by atoms with E-state index in [1.165, 1.54) is 44.2 Å². The van der Waals surface area contributed by atoms with Crippen LogP contribution in [0.5, 0.6) is 0 Å². The summed E-state index contributed by atoms with van der Waals surface area (Å²) in [6.45, 7) is 3.86. The van der Waals surface area contributed by atoms with Gasteiger partial charge in [0, 0.05) is 16.9 Å². The first-order valence-corrected chi connectivity index (χ1v) is 12.6. The smallest absolute Gasteiger partial charge is 0.0463 e. The number of anilines is 2. The maximum atomic E-state index is 3.86. The fourth-order valence-corrected chi connectivity index (χ4v) is 4.95. The van der Waals surface area contributed by atoms with Crippen LogP contribution in [-0.2, 0) is 0 Å². The van der Waals surface area contributed by atoms with Crippen LogP contribution in [0.4, 0.5) is 11.4 Å². The molecular formula is C36H27N. The van der Waals surface area contributed by atoms with Gasteiger partial charge < -0.3 is 5.32 Å². The number of fused-ring (bicyclic) bond motifs is 1. The van der Waals surface area contributed by atoms with Crippen LogP contribution in [0.3, 0.4) is 0 Å². The van der Waals surface area contributed by atoms with E-state index in [4.69, 9.17) is 0 Å². The lowest BCUT2D eigenvalue weighted by atomic mass is 9.92. The molecule has 6 aromatic carbocycles. The van der Waals surface area contributed by atoms with Crippen LogP contribution >= 0.6 is 0 Å². The van der Waals surface area contributed by atoms with Crippen LogP contribution in [0.1, 0.15) is 5.56 Å². The summed E-state index contributed by atoms with van der Waals surface area (Å²) in [5.74, 6) is 0. The van der Waals surface area contributed by atoms with Crippen molar-refractivity contribution in [3.8, 4) is 33.4 Å². The lowest BCUT2D eigenvalue weighted by molar-refractivity contribution is 1.53. The summed E-state index contributed by atoms with van der Waals surface area (Å²) in [6, 6.07) is 49.4. The minimum atomic E-state index is 1.06. The molecule has 0 amide bonds. The van der Waals surface area contributed by atoms with Crippen molar-refractivity contribution in [1.29, 1.82) is 0 Å². The summed E-state index contributed by atoms with van der Waals surface area (Å²) < 4.78 is 0. The Morgan fingerprint density at radius 2 is 0.946 bits per heavy atom. The second kappa shape index (κ2) is 10.0. The van der Waals surface area contributed by atoms with Crippen LogP contribution in [0.2, 0.25) is 0 Å². The monoisotopic (exact) mass is 473 g/mol. The topological polar surface area (TPSA) is 12.0 Å². The van der Waals surface area contributed by atoms with Gasteiger partial charge in [0.25, 0.3) is 0 Å². The van der Waals surface area contributed by atoms with Crippen LogP contribution < -0.4 is 5.32 Å². The Morgan fingerprint density at radius 3 is 1.59 bits per heavy atom. The first-order chi connectivity index (χ1) is 18.3. The highest BCUT2D eigenvalue weighted by Crippen LogP contribution is 2.36. The van der Waals surface area contributed by atoms with Crippen molar-refractivity contribution in [2.45, 2.75) is 0 Å². The van der Waals surface area contributed by atoms with Crippen LogP contribution in [0.15, 0.2) is 146 Å². The third-order valence-electron chi connectivity index (χ3n) is 6.87. The Morgan fingerprint density at radius 1 is 0.432 bits per heavy atom. The van der Waals surface area contributed by atoms with E-state index in [2.05, 4.69) is 151 Å². The molecule has 0 saturated carbocycles. The second-order valence-corrected chi connectivity index (χ2v) is 9.15. The van der Waals surface area contributed by atoms with Gasteiger partial charge in [-0.25, -0.2) is 0 Å². The maximum absolute atomic E-state index is 3.86. The Balaban J connectivity index is 1.32. The first-order valence-electron chi connectivity index (χ1n) is 12.6. The number of rotatable bonds is 6. The zero-order chi connectivity index (χ0) is 25.0. The predicted molar refractivity (Wildman–Crippen MR) is 160 cm³/mol. The molecule has 0 radical (unpaired) electrons. The molecule has 0 aliphatic heterocycles. The first kappa shape index (κ1) is 22.6. The molecule has 0 aliphatic carbocycles. The maximum Gasteiger partial charge on any atom is 0.0463 e. The molecule has 1 heteroatoms. The van der Waals surface area contributed by atoms with Gasteiger partial charge in [0.15, 0.2) is 0 Å². The fourth-order valence-electron chi connectivity index (χ4n) is 4.95. The third-order valence-corrected chi connectivity index (χ3v) is 6.87. The summed E-state index contributed by atoms with van der Waals surface area (Å²) >= 11 is 0. The lowest BCUT2D eigenvalue weighted by Crippen LogP contribution is -1.93. The van der Waals surface area contributed by atoms with E-state index in [9.17, 15) is 0 Å². The van der Waals surface area contributed by atoms with Gasteiger partial charge in [0.2, 0.25) is 0 Å². The zero-order valence-electron chi connectivity index (χ0n) is 20.6. The molecule has 0 spiro atoms. The molecule has 0 atom stereocenters. The van der Waals surface area contributed by atoms with Crippen LogP contribution in [0.25, 0.3) is 50.2 Å². The van der Waals surface area contributed by atoms with Gasteiger partial charge in [-0.2, -0.15) is 0 Å². The van der Waals surface area contributed by atoms with Gasteiger partial charge in [-0.05, 0) is 62.4 Å². The number of benzene rings is 6. The van der Waals surface area contributed by atoms with Gasteiger partial charge >= 0.3 is 0 Å². The highest BCUT2D eigenvalue weighted by atomic mass is 14.9. The van der Waals surface area contributed by atoms with Crippen molar-refractivity contribution in [1.82, 2.24) is 0 Å². The molecule has 0 aliphatic rings. The van der Waals surface area contributed by atoms with Crippen molar-refractivity contribution in [2.75, 3.05) is 5.32 Å². The van der Waals surface area contributed by atoms with E-state index in [0.29, 0.717) is 0 Å². The summed E-state index contributed by atoms with van der Waals surface area (Å²) in [4.78, 5) is 0. The van der Waals surface area contributed by atoms with E-state index in [1.54, 1.807) is 0 Å². The predicted octanol–water partition coefficient (Wildman–Crippen LogP) is 10.2. The molecule has 6 aromatic rings. The van der Waals surface area contributed by atoms with Gasteiger partial charge in [0.1, 0.15) is 0 Å². The van der Waals surface area contributed by atoms with Crippen molar-refractivity contribution < 1.29 is 0 Å². The van der Waals surface area contributed by atoms with Crippen LogP contribution in [-0.4, -0.2) is 0 Å². The normalized spacial score (nSPS) is 10.8. The van der Waals surface area contributed by atoms with E-state index in [1.807, 2.05) is 6.08 Å². The van der Waals surface area contributed by atoms with Gasteiger partial charge in [-0.1, -0.05) is 134 Å². The minimum Gasteiger partial charge on any atom is -0.355 e. The highest BCUT2D eigenvalue weighted by molar-refractivity contribution is 6.05. The lowest BCUT2D eigenvalue weighted by Gasteiger charge is -2.14. The van der Waals surface area contributed by atoms with Crippen molar-refractivity contribution >= 4 is 28.2 Å². The Bertz CT molecular complexity index is 1680. The zero-order valence-corrected chi connectivity index (χ0v) is 20.6. The van der Waals surface area contributed by atoms with E-state index in [0.717, 1.165) is 16.9 Å². The molecule has 6 rings (SSSR count). The van der Waals surface area contributed by atoms with E-state index >= 15 is 0 Å². The molecular weight excluding hydrogens is 446 g/mol. The Kier molecular flexibility index (Phi) is 6.10. The Hall–Kier alpha value is -4.88. The molecule has 0 bridgehead atoms. The minimum absolute atomic E-state index is 1.06. The summed E-state index contributed by atoms with van der Waals surface area (Å²) in [6.07, 6.45) is 1.87. The summed E-state index contributed by atoms with van der Waals surface area (Å²) in [5.41, 5.74) is 10.6. The van der Waals surface area contributed by atoms with Crippen molar-refractivity contribution in [3.63, 3.8) is 0 Å². The molecule has 1 nitrogen and oxygen atoms in total. The van der Waals surface area contributed by atoms with Gasteiger partial charge in [0.05, 0.1) is 0 Å². The number of nitrogens with one attached hydrogen (secondary N) is 1. The molecule has 0 aromatic heterocycles. The fraction of sp³-hybridized carbons (Fsp3) is 0. The average Bonchev–Trinajstić information content (AvgIpc) is 2.98. The molecule has 37 heavy (non-hydrogen) atoms. The summed E-state index contributed by atoms with van der Waals surface area (Å²) in [7, 11) is 0. The van der Waals surface area contributed by atoms with E-state index < -0.39 is 0 Å². The van der Waals surface area contributed by atoms with E-state index in [-0.39, 0.29) is 0 Å².